The summed E-state index contributed by atoms with van der Waals surface area (Å²) >= 11 is 0. The summed E-state index contributed by atoms with van der Waals surface area (Å²) in [5.74, 6) is -0.546. The molecule has 0 aliphatic carbocycles. The van der Waals surface area contributed by atoms with Crippen LogP contribution < -0.4 is 4.90 Å². The number of barbiturate groups is 1. The minimum absolute atomic E-state index is 0.0361. The second-order valence-electron chi connectivity index (χ2n) is 8.12. The highest BCUT2D eigenvalue weighted by molar-refractivity contribution is 6.39. The Morgan fingerprint density at radius 2 is 1.71 bits per heavy atom. The molecule has 3 aromatic rings. The second kappa shape index (κ2) is 9.44. The van der Waals surface area contributed by atoms with Crippen molar-refractivity contribution in [3.63, 3.8) is 0 Å². The molecule has 0 bridgehead atoms. The van der Waals surface area contributed by atoms with Gasteiger partial charge in [0.25, 0.3) is 11.8 Å². The zero-order valence-electron chi connectivity index (χ0n) is 19.6. The first-order chi connectivity index (χ1) is 16.3. The molecule has 1 aliphatic rings. The van der Waals surface area contributed by atoms with E-state index in [4.69, 9.17) is 4.74 Å². The summed E-state index contributed by atoms with van der Waals surface area (Å²) in [7, 11) is 1.49. The first kappa shape index (κ1) is 23.1. The maximum atomic E-state index is 13.4. The number of aromatic nitrogens is 2. The van der Waals surface area contributed by atoms with E-state index in [-0.39, 0.29) is 18.7 Å². The smallest absolute Gasteiger partial charge is 0.338 e. The quantitative estimate of drug-likeness (QED) is 0.414. The maximum Gasteiger partial charge on any atom is 0.338 e. The van der Waals surface area contributed by atoms with Crippen LogP contribution in [-0.4, -0.2) is 52.6 Å². The van der Waals surface area contributed by atoms with E-state index in [9.17, 15) is 14.4 Å². The van der Waals surface area contributed by atoms with Crippen LogP contribution in [0, 0.1) is 20.8 Å². The van der Waals surface area contributed by atoms with Gasteiger partial charge in [0.05, 0.1) is 18.8 Å². The molecule has 4 amide bonds. The number of hydrogen-bond donors (Lipinski definition) is 0. The van der Waals surface area contributed by atoms with Gasteiger partial charge in [-0.05, 0) is 68.3 Å². The molecular weight excluding hydrogens is 432 g/mol. The molecule has 1 fully saturated rings. The van der Waals surface area contributed by atoms with Gasteiger partial charge in [0.15, 0.2) is 0 Å². The van der Waals surface area contributed by atoms with Gasteiger partial charge in [0.2, 0.25) is 0 Å². The molecule has 1 saturated heterocycles. The number of carbonyl (C=O) groups is 3. The number of imide groups is 2. The fraction of sp³-hybridized carbons (Fsp3) is 0.231. The lowest BCUT2D eigenvalue weighted by molar-refractivity contribution is -0.129. The molecule has 0 spiro atoms. The molecule has 8 nitrogen and oxygen atoms in total. The van der Waals surface area contributed by atoms with Crippen LogP contribution in [0.2, 0.25) is 0 Å². The molecule has 0 atom stereocenters. The van der Waals surface area contributed by atoms with Crippen molar-refractivity contribution < 1.29 is 19.1 Å². The first-order valence-corrected chi connectivity index (χ1v) is 10.9. The number of pyridine rings is 1. The van der Waals surface area contributed by atoms with Gasteiger partial charge in [-0.15, -0.1) is 0 Å². The van der Waals surface area contributed by atoms with Gasteiger partial charge in [0, 0.05) is 24.7 Å². The number of aryl methyl sites for hydroxylation is 2. The Hall–Kier alpha value is -4.04. The van der Waals surface area contributed by atoms with Crippen LogP contribution in [0.25, 0.3) is 11.9 Å². The normalized spacial score (nSPS) is 15.5. The first-order valence-electron chi connectivity index (χ1n) is 10.9. The zero-order valence-corrected chi connectivity index (χ0v) is 19.6. The molecule has 1 aliphatic heterocycles. The van der Waals surface area contributed by atoms with Crippen molar-refractivity contribution in [2.24, 2.45) is 0 Å². The summed E-state index contributed by atoms with van der Waals surface area (Å²) in [5, 5.41) is 0. The van der Waals surface area contributed by atoms with Crippen molar-refractivity contribution in [1.29, 1.82) is 0 Å². The van der Waals surface area contributed by atoms with Gasteiger partial charge >= 0.3 is 6.03 Å². The van der Waals surface area contributed by atoms with Gasteiger partial charge in [-0.3, -0.25) is 14.5 Å². The molecule has 34 heavy (non-hydrogen) atoms. The van der Waals surface area contributed by atoms with Crippen LogP contribution in [-0.2, 0) is 14.3 Å². The number of amides is 4. The third kappa shape index (κ3) is 4.15. The van der Waals surface area contributed by atoms with E-state index < -0.39 is 17.8 Å². The van der Waals surface area contributed by atoms with E-state index in [0.29, 0.717) is 11.3 Å². The van der Waals surface area contributed by atoms with Crippen LogP contribution >= 0.6 is 0 Å². The third-order valence-electron chi connectivity index (χ3n) is 5.76. The predicted molar refractivity (Wildman–Crippen MR) is 129 cm³/mol. The molecule has 1 aromatic carbocycles. The van der Waals surface area contributed by atoms with Gasteiger partial charge in [-0.25, -0.2) is 14.7 Å². The molecule has 0 saturated carbocycles. The number of methoxy groups -OCH3 is 1. The summed E-state index contributed by atoms with van der Waals surface area (Å²) in [4.78, 5) is 46.3. The number of para-hydroxylation sites is 1. The predicted octanol–water partition coefficient (Wildman–Crippen LogP) is 3.82. The number of anilines is 1. The topological polar surface area (TPSA) is 84.7 Å². The molecule has 0 unspecified atom stereocenters. The summed E-state index contributed by atoms with van der Waals surface area (Å²) in [6, 6.07) is 13.7. The highest BCUT2D eigenvalue weighted by Crippen LogP contribution is 2.28. The molecule has 8 heteroatoms. The minimum Gasteiger partial charge on any atom is -0.383 e. The minimum atomic E-state index is -0.690. The fourth-order valence-corrected chi connectivity index (χ4v) is 4.04. The van der Waals surface area contributed by atoms with Crippen LogP contribution in [0.4, 0.5) is 10.5 Å². The monoisotopic (exact) mass is 458 g/mol. The lowest BCUT2D eigenvalue weighted by atomic mass is 10.1. The third-order valence-corrected chi connectivity index (χ3v) is 5.76. The Morgan fingerprint density at radius 3 is 2.38 bits per heavy atom. The molecule has 4 rings (SSSR count). The molecule has 0 radical (unpaired) electrons. The van der Waals surface area contributed by atoms with E-state index in [1.807, 2.05) is 43.5 Å². The lowest BCUT2D eigenvalue weighted by Gasteiger charge is -2.33. The Morgan fingerprint density at radius 1 is 0.971 bits per heavy atom. The Bertz CT molecular complexity index is 1290. The number of nitrogens with zero attached hydrogens (tertiary/aromatic N) is 4. The number of urea groups is 1. The zero-order chi connectivity index (χ0) is 24.4. The van der Waals surface area contributed by atoms with Crippen molar-refractivity contribution in [3.05, 3.63) is 82.8 Å². The van der Waals surface area contributed by atoms with Crippen LogP contribution in [0.1, 0.15) is 22.5 Å². The average Bonchev–Trinajstić information content (AvgIpc) is 3.10. The molecule has 3 heterocycles. The molecule has 0 N–H and O–H groups in total. The average molecular weight is 459 g/mol. The van der Waals surface area contributed by atoms with E-state index in [0.717, 1.165) is 32.6 Å². The number of carbonyl (C=O) groups excluding carboxylic acids is 3. The summed E-state index contributed by atoms with van der Waals surface area (Å²) < 4.78 is 7.05. The Labute approximate surface area is 198 Å². The Balaban J connectivity index is 1.81. The van der Waals surface area contributed by atoms with Crippen LogP contribution in [0.3, 0.4) is 0 Å². The van der Waals surface area contributed by atoms with E-state index in [2.05, 4.69) is 4.98 Å². The number of ether oxygens (including phenoxy) is 1. The van der Waals surface area contributed by atoms with Crippen molar-refractivity contribution >= 4 is 29.6 Å². The SMILES string of the molecule is COCCN1C(=O)/C(=C/c2cc(C)n(-c3cc(C)ccn3)c2C)C(=O)N(c2ccccc2)C1=O. The summed E-state index contributed by atoms with van der Waals surface area (Å²) in [6.45, 7) is 6.03. The fourth-order valence-electron chi connectivity index (χ4n) is 4.04. The van der Waals surface area contributed by atoms with Crippen molar-refractivity contribution in [1.82, 2.24) is 14.5 Å². The molecule has 2 aromatic heterocycles. The largest absolute Gasteiger partial charge is 0.383 e. The highest BCUT2D eigenvalue weighted by Gasteiger charge is 2.42. The van der Waals surface area contributed by atoms with Crippen LogP contribution in [0.5, 0.6) is 0 Å². The van der Waals surface area contributed by atoms with E-state index >= 15 is 0 Å². The second-order valence-corrected chi connectivity index (χ2v) is 8.12. The summed E-state index contributed by atoms with van der Waals surface area (Å²) in [5.41, 5.74) is 3.82. The lowest BCUT2D eigenvalue weighted by Crippen LogP contribution is -2.57. The van der Waals surface area contributed by atoms with Crippen molar-refractivity contribution in [3.8, 4) is 5.82 Å². The number of hydrogen-bond acceptors (Lipinski definition) is 5. The van der Waals surface area contributed by atoms with Crippen molar-refractivity contribution in [2.45, 2.75) is 20.8 Å². The number of rotatable bonds is 6. The van der Waals surface area contributed by atoms with Gasteiger partial charge in [-0.2, -0.15) is 0 Å². The molecular formula is C26H26N4O4. The molecule has 174 valence electrons. The van der Waals surface area contributed by atoms with Gasteiger partial charge in [0.1, 0.15) is 11.4 Å². The highest BCUT2D eigenvalue weighted by atomic mass is 16.5. The standard InChI is InChI=1S/C26H26N4O4/c1-17-10-11-27-23(14-17)29-18(2)15-20(19(29)3)16-22-24(31)28(12-13-34-4)26(33)30(25(22)32)21-8-6-5-7-9-21/h5-11,14-16H,12-13H2,1-4H3/b22-16-. The van der Waals surface area contributed by atoms with E-state index in [1.54, 1.807) is 42.6 Å². The van der Waals surface area contributed by atoms with E-state index in [1.165, 1.54) is 7.11 Å². The van der Waals surface area contributed by atoms with Gasteiger partial charge < -0.3 is 9.30 Å². The van der Waals surface area contributed by atoms with Gasteiger partial charge in [-0.1, -0.05) is 18.2 Å². The maximum absolute atomic E-state index is 13.4. The Kier molecular flexibility index (Phi) is 6.43. The van der Waals surface area contributed by atoms with Crippen molar-refractivity contribution in [2.75, 3.05) is 25.2 Å². The number of benzene rings is 1. The van der Waals surface area contributed by atoms with Crippen LogP contribution in [0.15, 0.2) is 60.3 Å². The summed E-state index contributed by atoms with van der Waals surface area (Å²) in [6.07, 6.45) is 3.30.